The predicted octanol–water partition coefficient (Wildman–Crippen LogP) is 4.31. The second-order valence-electron chi connectivity index (χ2n) is 8.47. The Labute approximate surface area is 213 Å². The van der Waals surface area contributed by atoms with Crippen molar-refractivity contribution < 1.29 is 9.13 Å². The van der Waals surface area contributed by atoms with E-state index in [0.29, 0.717) is 31.4 Å². The van der Waals surface area contributed by atoms with Crippen LogP contribution >= 0.6 is 24.0 Å². The molecule has 8 heteroatoms. The Morgan fingerprint density at radius 3 is 2.52 bits per heavy atom. The number of aliphatic imine (C=N–C) groups is 1. The Balaban J connectivity index is 0.00000306. The fourth-order valence-corrected chi connectivity index (χ4v) is 4.36. The van der Waals surface area contributed by atoms with Gasteiger partial charge in [0.25, 0.3) is 0 Å². The number of benzene rings is 2. The highest BCUT2D eigenvalue weighted by atomic mass is 127. The molecule has 2 saturated heterocycles. The van der Waals surface area contributed by atoms with Crippen molar-refractivity contribution >= 4 is 41.3 Å². The molecule has 2 fully saturated rings. The molecule has 0 aliphatic carbocycles. The molecule has 1 unspecified atom stereocenters. The van der Waals surface area contributed by atoms with Gasteiger partial charge in [0.1, 0.15) is 5.82 Å². The summed E-state index contributed by atoms with van der Waals surface area (Å²) in [4.78, 5) is 8.83. The SMILES string of the molecule is CN=C(NCc1ccc(N2CCOCC2)c(F)c1)NC(C)c1cccc(N2CCCC2)c1.I. The van der Waals surface area contributed by atoms with Gasteiger partial charge in [0.05, 0.1) is 24.9 Å². The molecule has 4 rings (SSSR count). The van der Waals surface area contributed by atoms with Crippen molar-refractivity contribution in [2.24, 2.45) is 4.99 Å². The van der Waals surface area contributed by atoms with Crippen LogP contribution in [0.5, 0.6) is 0 Å². The van der Waals surface area contributed by atoms with E-state index in [1.807, 2.05) is 17.0 Å². The summed E-state index contributed by atoms with van der Waals surface area (Å²) in [5.41, 5.74) is 4.03. The number of hydrogen-bond acceptors (Lipinski definition) is 4. The van der Waals surface area contributed by atoms with Gasteiger partial charge in [0.15, 0.2) is 5.96 Å². The number of ether oxygens (including phenoxy) is 1. The van der Waals surface area contributed by atoms with E-state index in [-0.39, 0.29) is 35.8 Å². The van der Waals surface area contributed by atoms with Crippen LogP contribution in [0.3, 0.4) is 0 Å². The highest BCUT2D eigenvalue weighted by Crippen LogP contribution is 2.24. The fraction of sp³-hybridized carbons (Fsp3) is 0.480. The summed E-state index contributed by atoms with van der Waals surface area (Å²) >= 11 is 0. The normalized spacial score (nSPS) is 17.5. The first kappa shape index (κ1) is 25.6. The Hall–Kier alpha value is -2.07. The molecule has 0 saturated carbocycles. The van der Waals surface area contributed by atoms with Gasteiger partial charge in [-0.15, -0.1) is 24.0 Å². The molecule has 33 heavy (non-hydrogen) atoms. The van der Waals surface area contributed by atoms with Crippen molar-refractivity contribution in [2.75, 3.05) is 56.2 Å². The molecule has 180 valence electrons. The van der Waals surface area contributed by atoms with Crippen molar-refractivity contribution in [1.29, 1.82) is 0 Å². The van der Waals surface area contributed by atoms with Gasteiger partial charge in [-0.25, -0.2) is 4.39 Å². The second-order valence-corrected chi connectivity index (χ2v) is 8.47. The van der Waals surface area contributed by atoms with Crippen molar-refractivity contribution in [2.45, 2.75) is 32.4 Å². The Bertz CT molecular complexity index is 929. The number of nitrogens with zero attached hydrogens (tertiary/aromatic N) is 3. The van der Waals surface area contributed by atoms with Crippen LogP contribution in [0.25, 0.3) is 0 Å². The molecule has 2 heterocycles. The van der Waals surface area contributed by atoms with Crippen LogP contribution in [0, 0.1) is 5.82 Å². The average Bonchev–Trinajstić information content (AvgIpc) is 3.37. The molecular weight excluding hydrogens is 532 g/mol. The number of anilines is 2. The Morgan fingerprint density at radius 1 is 1.06 bits per heavy atom. The molecule has 2 aromatic carbocycles. The predicted molar refractivity (Wildman–Crippen MR) is 144 cm³/mol. The summed E-state index contributed by atoms with van der Waals surface area (Å²) in [6, 6.07) is 14.2. The van der Waals surface area contributed by atoms with Crippen LogP contribution in [0.15, 0.2) is 47.5 Å². The van der Waals surface area contributed by atoms with E-state index in [0.717, 1.165) is 31.7 Å². The lowest BCUT2D eigenvalue weighted by Crippen LogP contribution is -2.38. The topological polar surface area (TPSA) is 52.1 Å². The van der Waals surface area contributed by atoms with Gasteiger partial charge in [0.2, 0.25) is 0 Å². The van der Waals surface area contributed by atoms with E-state index in [4.69, 9.17) is 4.74 Å². The molecule has 0 aromatic heterocycles. The Morgan fingerprint density at radius 2 is 1.82 bits per heavy atom. The van der Waals surface area contributed by atoms with Crippen molar-refractivity contribution in [3.8, 4) is 0 Å². The number of morpholine rings is 1. The molecule has 0 amide bonds. The van der Waals surface area contributed by atoms with Crippen LogP contribution in [0.1, 0.15) is 36.9 Å². The second kappa shape index (κ2) is 12.4. The molecule has 2 N–H and O–H groups in total. The summed E-state index contributed by atoms with van der Waals surface area (Å²) in [5, 5.41) is 6.76. The van der Waals surface area contributed by atoms with Crippen molar-refractivity contribution in [3.63, 3.8) is 0 Å². The zero-order valence-electron chi connectivity index (χ0n) is 19.5. The lowest BCUT2D eigenvalue weighted by molar-refractivity contribution is 0.122. The van der Waals surface area contributed by atoms with E-state index >= 15 is 0 Å². The zero-order valence-corrected chi connectivity index (χ0v) is 21.8. The van der Waals surface area contributed by atoms with E-state index < -0.39 is 0 Å². The van der Waals surface area contributed by atoms with Crippen molar-refractivity contribution in [3.05, 3.63) is 59.4 Å². The minimum atomic E-state index is -0.193. The summed E-state index contributed by atoms with van der Waals surface area (Å²) in [6.07, 6.45) is 2.53. The maximum Gasteiger partial charge on any atom is 0.191 e. The third-order valence-electron chi connectivity index (χ3n) is 6.24. The van der Waals surface area contributed by atoms with Gasteiger partial charge >= 0.3 is 0 Å². The van der Waals surface area contributed by atoms with Crippen LogP contribution < -0.4 is 20.4 Å². The van der Waals surface area contributed by atoms with Crippen LogP contribution in [0.4, 0.5) is 15.8 Å². The highest BCUT2D eigenvalue weighted by molar-refractivity contribution is 14.0. The van der Waals surface area contributed by atoms with Crippen LogP contribution in [-0.2, 0) is 11.3 Å². The zero-order chi connectivity index (χ0) is 22.3. The van der Waals surface area contributed by atoms with Crippen molar-refractivity contribution in [1.82, 2.24) is 10.6 Å². The minimum Gasteiger partial charge on any atom is -0.378 e. The quantitative estimate of drug-likeness (QED) is 0.310. The first-order valence-corrected chi connectivity index (χ1v) is 11.6. The number of rotatable bonds is 6. The molecule has 0 bridgehead atoms. The van der Waals surface area contributed by atoms with E-state index in [1.54, 1.807) is 13.1 Å². The third kappa shape index (κ3) is 6.72. The largest absolute Gasteiger partial charge is 0.378 e. The minimum absolute atomic E-state index is 0. The lowest BCUT2D eigenvalue weighted by Gasteiger charge is -2.29. The number of halogens is 2. The van der Waals surface area contributed by atoms with Gasteiger partial charge < -0.3 is 25.2 Å². The molecule has 0 spiro atoms. The van der Waals surface area contributed by atoms with E-state index in [2.05, 4.69) is 51.7 Å². The fourth-order valence-electron chi connectivity index (χ4n) is 4.36. The summed E-state index contributed by atoms with van der Waals surface area (Å²) in [6.45, 7) is 7.63. The van der Waals surface area contributed by atoms with E-state index in [1.165, 1.54) is 24.1 Å². The summed E-state index contributed by atoms with van der Waals surface area (Å²) in [7, 11) is 1.75. The van der Waals surface area contributed by atoms with Gasteiger partial charge in [0, 0.05) is 45.5 Å². The standard InChI is InChI=1S/C25H34FN5O.HI/c1-19(21-6-5-7-22(17-21)30-10-3-4-11-30)29-25(27-2)28-18-20-8-9-24(23(26)16-20)31-12-14-32-15-13-31;/h5-9,16-17,19H,3-4,10-15,18H2,1-2H3,(H2,27,28,29);1H. The smallest absolute Gasteiger partial charge is 0.191 e. The van der Waals surface area contributed by atoms with Crippen LogP contribution in [-0.4, -0.2) is 52.4 Å². The highest BCUT2D eigenvalue weighted by Gasteiger charge is 2.16. The van der Waals surface area contributed by atoms with Gasteiger partial charge in [-0.05, 0) is 55.2 Å². The van der Waals surface area contributed by atoms with Gasteiger partial charge in [-0.1, -0.05) is 18.2 Å². The first-order chi connectivity index (χ1) is 15.6. The summed E-state index contributed by atoms with van der Waals surface area (Å²) < 4.78 is 20.0. The molecule has 2 aliphatic rings. The maximum absolute atomic E-state index is 14.7. The molecule has 0 radical (unpaired) electrons. The monoisotopic (exact) mass is 567 g/mol. The van der Waals surface area contributed by atoms with Gasteiger partial charge in [-0.3, -0.25) is 4.99 Å². The molecule has 2 aliphatic heterocycles. The average molecular weight is 567 g/mol. The molecule has 6 nitrogen and oxygen atoms in total. The molecule has 2 aromatic rings. The molecule has 1 atom stereocenters. The number of guanidine groups is 1. The van der Waals surface area contributed by atoms with Gasteiger partial charge in [-0.2, -0.15) is 0 Å². The van der Waals surface area contributed by atoms with Crippen LogP contribution in [0.2, 0.25) is 0 Å². The lowest BCUT2D eigenvalue weighted by atomic mass is 10.1. The molecular formula is C25H35FIN5O. The number of hydrogen-bond donors (Lipinski definition) is 2. The Kier molecular flexibility index (Phi) is 9.61. The number of nitrogens with one attached hydrogen (secondary N) is 2. The maximum atomic E-state index is 14.7. The third-order valence-corrected chi connectivity index (χ3v) is 6.24. The van der Waals surface area contributed by atoms with E-state index in [9.17, 15) is 4.39 Å². The summed E-state index contributed by atoms with van der Waals surface area (Å²) in [5.74, 6) is 0.503. The first-order valence-electron chi connectivity index (χ1n) is 11.6.